The van der Waals surface area contributed by atoms with Crippen LogP contribution in [0.25, 0.3) is 10.9 Å². The maximum Gasteiger partial charge on any atom is 0.340 e. The lowest BCUT2D eigenvalue weighted by Crippen LogP contribution is -2.35. The number of ether oxygens (including phenoxy) is 1. The molecular weight excluding hydrogens is 304 g/mol. The molecule has 0 aliphatic heterocycles. The van der Waals surface area contributed by atoms with Crippen LogP contribution in [0.1, 0.15) is 48.3 Å². The first kappa shape index (κ1) is 17.9. The summed E-state index contributed by atoms with van der Waals surface area (Å²) in [6, 6.07) is 7.72. The van der Waals surface area contributed by atoms with Crippen LogP contribution in [0, 0.1) is 13.8 Å². The van der Waals surface area contributed by atoms with E-state index in [0.717, 1.165) is 29.3 Å². The molecule has 24 heavy (non-hydrogen) atoms. The Morgan fingerprint density at radius 3 is 2.71 bits per heavy atom. The minimum atomic E-state index is -0.526. The van der Waals surface area contributed by atoms with Gasteiger partial charge in [-0.15, -0.1) is 0 Å². The molecule has 2 aromatic rings. The number of benzene rings is 1. The first-order valence-electron chi connectivity index (χ1n) is 8.25. The molecule has 0 aliphatic carbocycles. The highest BCUT2D eigenvalue weighted by Crippen LogP contribution is 2.18. The van der Waals surface area contributed by atoms with E-state index in [4.69, 9.17) is 4.74 Å². The fourth-order valence-electron chi connectivity index (χ4n) is 2.63. The number of aryl methyl sites for hydroxylation is 2. The van der Waals surface area contributed by atoms with Gasteiger partial charge < -0.3 is 10.1 Å². The quantitative estimate of drug-likeness (QED) is 0.826. The molecule has 0 radical (unpaired) electrons. The van der Waals surface area contributed by atoms with Gasteiger partial charge in [0.15, 0.2) is 6.61 Å². The summed E-state index contributed by atoms with van der Waals surface area (Å²) in [7, 11) is 0. The van der Waals surface area contributed by atoms with Crippen LogP contribution >= 0.6 is 0 Å². The van der Waals surface area contributed by atoms with Crippen molar-refractivity contribution in [2.24, 2.45) is 0 Å². The average molecular weight is 328 g/mol. The third kappa shape index (κ3) is 4.54. The third-order valence-corrected chi connectivity index (χ3v) is 3.84. The van der Waals surface area contributed by atoms with Crippen molar-refractivity contribution in [2.75, 3.05) is 6.61 Å². The number of carbonyl (C=O) groups excluding carboxylic acids is 2. The molecule has 1 aromatic heterocycles. The molecule has 0 saturated heterocycles. The smallest absolute Gasteiger partial charge is 0.340 e. The van der Waals surface area contributed by atoms with Crippen LogP contribution in [-0.4, -0.2) is 29.5 Å². The van der Waals surface area contributed by atoms with Gasteiger partial charge in [-0.2, -0.15) is 0 Å². The summed E-state index contributed by atoms with van der Waals surface area (Å²) in [5.74, 6) is -0.812. The molecule has 2 rings (SSSR count). The van der Waals surface area contributed by atoms with Crippen LogP contribution in [0.3, 0.4) is 0 Å². The molecule has 1 amide bonds. The summed E-state index contributed by atoms with van der Waals surface area (Å²) in [5, 5.41) is 3.69. The van der Waals surface area contributed by atoms with Crippen molar-refractivity contribution < 1.29 is 14.3 Å². The van der Waals surface area contributed by atoms with Crippen molar-refractivity contribution in [1.29, 1.82) is 0 Å². The van der Waals surface area contributed by atoms with Crippen LogP contribution in [-0.2, 0) is 9.53 Å². The van der Waals surface area contributed by atoms with Crippen LogP contribution in [0.15, 0.2) is 24.3 Å². The minimum absolute atomic E-state index is 0.0771. The van der Waals surface area contributed by atoms with Crippen molar-refractivity contribution in [3.05, 3.63) is 41.1 Å². The molecule has 1 atom stereocenters. The molecule has 0 saturated carbocycles. The molecule has 1 aromatic carbocycles. The number of nitrogens with one attached hydrogen (secondary N) is 1. The summed E-state index contributed by atoms with van der Waals surface area (Å²) in [4.78, 5) is 28.5. The van der Waals surface area contributed by atoms with E-state index in [1.54, 1.807) is 13.0 Å². The number of aromatic nitrogens is 1. The average Bonchev–Trinajstić information content (AvgIpc) is 2.52. The highest BCUT2D eigenvalue weighted by molar-refractivity contribution is 5.96. The van der Waals surface area contributed by atoms with Gasteiger partial charge in [0.1, 0.15) is 0 Å². The molecule has 0 aliphatic rings. The first-order chi connectivity index (χ1) is 11.4. The minimum Gasteiger partial charge on any atom is -0.452 e. The zero-order valence-corrected chi connectivity index (χ0v) is 14.7. The van der Waals surface area contributed by atoms with Crippen molar-refractivity contribution in [3.8, 4) is 0 Å². The zero-order valence-electron chi connectivity index (χ0n) is 14.7. The predicted octanol–water partition coefficient (Wildman–Crippen LogP) is 3.31. The molecule has 5 heteroatoms. The van der Waals surface area contributed by atoms with E-state index in [1.165, 1.54) is 0 Å². The van der Waals surface area contributed by atoms with E-state index in [1.807, 2.05) is 32.0 Å². The number of esters is 1. The Bertz CT molecular complexity index is 756. The maximum atomic E-state index is 12.3. The number of pyridine rings is 1. The summed E-state index contributed by atoms with van der Waals surface area (Å²) in [6.07, 6.45) is 1.88. The number of carbonyl (C=O) groups is 2. The Labute approximate surface area is 142 Å². The van der Waals surface area contributed by atoms with Crippen LogP contribution in [0.4, 0.5) is 0 Å². The Balaban J connectivity index is 2.05. The molecule has 5 nitrogen and oxygen atoms in total. The fraction of sp³-hybridized carbons (Fsp3) is 0.421. The Kier molecular flexibility index (Phi) is 5.90. The van der Waals surface area contributed by atoms with Gasteiger partial charge in [0.2, 0.25) is 0 Å². The summed E-state index contributed by atoms with van der Waals surface area (Å²) in [5.41, 5.74) is 2.91. The molecular formula is C19H24N2O3. The van der Waals surface area contributed by atoms with Gasteiger partial charge in [0.05, 0.1) is 16.8 Å². The lowest BCUT2D eigenvalue weighted by molar-refractivity contribution is -0.124. The number of hydrogen-bond donors (Lipinski definition) is 1. The van der Waals surface area contributed by atoms with Crippen LogP contribution < -0.4 is 5.32 Å². The zero-order chi connectivity index (χ0) is 17.7. The standard InChI is InChI=1S/C19H24N2O3/c1-5-6-13(3)20-18(22)11-24-19(23)16-10-15-9-12(2)7-8-17(15)21-14(16)4/h7-10,13H,5-6,11H2,1-4H3,(H,20,22)/t13-/m1/s1. The van der Waals surface area contributed by atoms with Gasteiger partial charge >= 0.3 is 5.97 Å². The van der Waals surface area contributed by atoms with E-state index in [2.05, 4.69) is 17.2 Å². The molecule has 0 unspecified atom stereocenters. The SMILES string of the molecule is CCC[C@@H](C)NC(=O)COC(=O)c1cc2cc(C)ccc2nc1C. The van der Waals surface area contributed by atoms with E-state index < -0.39 is 5.97 Å². The van der Waals surface area contributed by atoms with Gasteiger partial charge in [-0.3, -0.25) is 9.78 Å². The summed E-state index contributed by atoms with van der Waals surface area (Å²) < 4.78 is 5.14. The lowest BCUT2D eigenvalue weighted by Gasteiger charge is -2.13. The second-order valence-electron chi connectivity index (χ2n) is 6.15. The van der Waals surface area contributed by atoms with Gasteiger partial charge in [-0.1, -0.05) is 25.0 Å². The predicted molar refractivity (Wildman–Crippen MR) is 94.0 cm³/mol. The third-order valence-electron chi connectivity index (χ3n) is 3.84. The largest absolute Gasteiger partial charge is 0.452 e. The normalized spacial score (nSPS) is 12.0. The lowest BCUT2D eigenvalue weighted by atomic mass is 10.1. The van der Waals surface area contributed by atoms with Crippen molar-refractivity contribution in [2.45, 2.75) is 46.6 Å². The molecule has 1 heterocycles. The molecule has 1 N–H and O–H groups in total. The monoisotopic (exact) mass is 328 g/mol. The highest BCUT2D eigenvalue weighted by Gasteiger charge is 2.15. The van der Waals surface area contributed by atoms with Gasteiger partial charge in [-0.25, -0.2) is 4.79 Å². The highest BCUT2D eigenvalue weighted by atomic mass is 16.5. The van der Waals surface area contributed by atoms with Crippen molar-refractivity contribution in [3.63, 3.8) is 0 Å². The second-order valence-corrected chi connectivity index (χ2v) is 6.15. The fourth-order valence-corrected chi connectivity index (χ4v) is 2.63. The Morgan fingerprint density at radius 2 is 2.00 bits per heavy atom. The first-order valence-corrected chi connectivity index (χ1v) is 8.25. The van der Waals surface area contributed by atoms with Gasteiger partial charge in [0.25, 0.3) is 5.91 Å². The topological polar surface area (TPSA) is 68.3 Å². The Hall–Kier alpha value is -2.43. The molecule has 0 bridgehead atoms. The maximum absolute atomic E-state index is 12.3. The number of fused-ring (bicyclic) bond motifs is 1. The number of nitrogens with zero attached hydrogens (tertiary/aromatic N) is 1. The van der Waals surface area contributed by atoms with Gasteiger partial charge in [-0.05, 0) is 45.4 Å². The van der Waals surface area contributed by atoms with Crippen molar-refractivity contribution >= 4 is 22.8 Å². The second kappa shape index (κ2) is 7.90. The Morgan fingerprint density at radius 1 is 1.25 bits per heavy atom. The number of hydrogen-bond acceptors (Lipinski definition) is 4. The van der Waals surface area contributed by atoms with Gasteiger partial charge in [0, 0.05) is 11.4 Å². The van der Waals surface area contributed by atoms with Crippen molar-refractivity contribution in [1.82, 2.24) is 10.3 Å². The molecule has 128 valence electrons. The van der Waals surface area contributed by atoms with Crippen LogP contribution in [0.5, 0.6) is 0 Å². The molecule has 0 spiro atoms. The number of rotatable bonds is 6. The van der Waals surface area contributed by atoms with E-state index >= 15 is 0 Å². The summed E-state index contributed by atoms with van der Waals surface area (Å²) in [6.45, 7) is 7.46. The van der Waals surface area contributed by atoms with Crippen LogP contribution in [0.2, 0.25) is 0 Å². The molecule has 0 fully saturated rings. The van der Waals surface area contributed by atoms with E-state index in [0.29, 0.717) is 11.3 Å². The number of amides is 1. The summed E-state index contributed by atoms with van der Waals surface area (Å²) >= 11 is 0. The van der Waals surface area contributed by atoms with E-state index in [-0.39, 0.29) is 18.6 Å². The van der Waals surface area contributed by atoms with E-state index in [9.17, 15) is 9.59 Å².